The van der Waals surface area contributed by atoms with Gasteiger partial charge in [0.15, 0.2) is 0 Å². The molecule has 0 spiro atoms. The van der Waals surface area contributed by atoms with E-state index in [0.717, 1.165) is 56.0 Å². The zero-order chi connectivity index (χ0) is 24.5. The van der Waals surface area contributed by atoms with Crippen molar-refractivity contribution in [3.05, 3.63) is 119 Å². The Morgan fingerprint density at radius 3 is 1.83 bits per heavy atom. The normalized spacial score (nSPS) is 12.2. The van der Waals surface area contributed by atoms with Crippen LogP contribution in [0.2, 0.25) is 0 Å². The highest BCUT2D eigenvalue weighted by Crippen LogP contribution is 2.39. The van der Waals surface area contributed by atoms with Gasteiger partial charge in [-0.05, 0) is 24.5 Å². The van der Waals surface area contributed by atoms with E-state index < -0.39 is 0 Å². The number of methoxy groups -OCH3 is 1. The van der Waals surface area contributed by atoms with Gasteiger partial charge in [-0.1, -0.05) is 111 Å². The van der Waals surface area contributed by atoms with Gasteiger partial charge in [0.1, 0.15) is 11.5 Å². The van der Waals surface area contributed by atoms with Crippen LogP contribution in [0.3, 0.4) is 0 Å². The lowest BCUT2D eigenvalue weighted by Gasteiger charge is -2.25. The molecule has 0 saturated heterocycles. The highest BCUT2D eigenvalue weighted by Gasteiger charge is 2.27. The van der Waals surface area contributed by atoms with Crippen molar-refractivity contribution in [2.45, 2.75) is 58.8 Å². The van der Waals surface area contributed by atoms with E-state index in [1.165, 1.54) is 22.3 Å². The van der Waals surface area contributed by atoms with Crippen molar-refractivity contribution in [3.63, 3.8) is 0 Å². The molecule has 35 heavy (non-hydrogen) atoms. The summed E-state index contributed by atoms with van der Waals surface area (Å²) >= 11 is 0. The predicted octanol–water partition coefficient (Wildman–Crippen LogP) is 8.34. The van der Waals surface area contributed by atoms with Gasteiger partial charge in [0.25, 0.3) is 0 Å². The number of ether oxygens (including phenoxy) is 1. The van der Waals surface area contributed by atoms with Gasteiger partial charge in [0.2, 0.25) is 0 Å². The Balaban J connectivity index is 1.75. The molecule has 0 fully saturated rings. The van der Waals surface area contributed by atoms with Crippen molar-refractivity contribution < 1.29 is 9.15 Å². The summed E-state index contributed by atoms with van der Waals surface area (Å²) in [5.74, 6) is 1.92. The van der Waals surface area contributed by atoms with Crippen LogP contribution in [0.1, 0.15) is 60.3 Å². The Hall–Kier alpha value is -3.14. The Morgan fingerprint density at radius 1 is 0.771 bits per heavy atom. The molecule has 0 aliphatic carbocycles. The molecular formula is C32H37NO2. The molecule has 0 radical (unpaired) electrons. The molecule has 4 rings (SSSR count). The Morgan fingerprint density at radius 2 is 1.31 bits per heavy atom. The van der Waals surface area contributed by atoms with Gasteiger partial charge in [0, 0.05) is 43.4 Å². The monoisotopic (exact) mass is 467 g/mol. The van der Waals surface area contributed by atoms with Gasteiger partial charge in [0.05, 0.1) is 6.10 Å². The first kappa shape index (κ1) is 25.0. The molecule has 182 valence electrons. The zero-order valence-electron chi connectivity index (χ0n) is 21.2. The number of aryl methyl sites for hydroxylation is 1. The molecule has 0 saturated carbocycles. The molecule has 3 nitrogen and oxygen atoms in total. The number of rotatable bonds is 12. The summed E-state index contributed by atoms with van der Waals surface area (Å²) in [6.07, 6.45) is 3.29. The number of furan rings is 1. The van der Waals surface area contributed by atoms with Crippen LogP contribution < -0.4 is 0 Å². The van der Waals surface area contributed by atoms with Gasteiger partial charge in [-0.3, -0.25) is 4.90 Å². The van der Waals surface area contributed by atoms with Crippen molar-refractivity contribution in [2.24, 2.45) is 0 Å². The molecule has 4 aromatic rings. The van der Waals surface area contributed by atoms with Crippen molar-refractivity contribution >= 4 is 0 Å². The van der Waals surface area contributed by atoms with Crippen molar-refractivity contribution in [2.75, 3.05) is 7.11 Å². The maximum atomic E-state index is 6.49. The summed E-state index contributed by atoms with van der Waals surface area (Å²) in [7, 11) is 1.82. The molecule has 3 aromatic carbocycles. The first-order valence-electron chi connectivity index (χ1n) is 12.7. The fourth-order valence-electron chi connectivity index (χ4n) is 4.85. The molecule has 0 aliphatic rings. The molecule has 3 heteroatoms. The van der Waals surface area contributed by atoms with Gasteiger partial charge in [-0.2, -0.15) is 0 Å². The molecule has 0 bridgehead atoms. The minimum atomic E-state index is 0.0291. The quantitative estimate of drug-likeness (QED) is 0.209. The van der Waals surface area contributed by atoms with Crippen LogP contribution >= 0.6 is 0 Å². The van der Waals surface area contributed by atoms with Gasteiger partial charge in [-0.15, -0.1) is 0 Å². The number of hydrogen-bond donors (Lipinski definition) is 0. The molecular weight excluding hydrogens is 430 g/mol. The Labute approximate surface area is 210 Å². The molecule has 1 aromatic heterocycles. The van der Waals surface area contributed by atoms with Crippen LogP contribution in [-0.2, 0) is 24.4 Å². The number of benzene rings is 3. The second-order valence-corrected chi connectivity index (χ2v) is 9.23. The van der Waals surface area contributed by atoms with E-state index in [0.29, 0.717) is 0 Å². The second-order valence-electron chi connectivity index (χ2n) is 9.23. The summed E-state index contributed by atoms with van der Waals surface area (Å²) in [5, 5.41) is 0. The second kappa shape index (κ2) is 12.5. The van der Waals surface area contributed by atoms with Crippen molar-refractivity contribution in [1.82, 2.24) is 4.90 Å². The molecule has 0 aliphatic heterocycles. The summed E-state index contributed by atoms with van der Waals surface area (Å²) < 4.78 is 12.5. The lowest BCUT2D eigenvalue weighted by molar-refractivity contribution is 0.0908. The fraction of sp³-hybridized carbons (Fsp3) is 0.312. The minimum Gasteiger partial charge on any atom is -0.461 e. The Kier molecular flexibility index (Phi) is 8.94. The SMILES string of the molecule is CCCCC(OC)c1c(C)oc(-c2ccccc2)c1CN(Cc1ccccc1)Cc1ccccc1. The third kappa shape index (κ3) is 6.50. The van der Waals surface area contributed by atoms with E-state index in [1.54, 1.807) is 0 Å². The highest BCUT2D eigenvalue weighted by atomic mass is 16.5. The van der Waals surface area contributed by atoms with E-state index in [9.17, 15) is 0 Å². The van der Waals surface area contributed by atoms with E-state index >= 15 is 0 Å². The molecule has 1 atom stereocenters. The predicted molar refractivity (Wildman–Crippen MR) is 144 cm³/mol. The van der Waals surface area contributed by atoms with E-state index in [2.05, 4.69) is 110 Å². The van der Waals surface area contributed by atoms with Crippen LogP contribution in [0.5, 0.6) is 0 Å². The average Bonchev–Trinajstić information content (AvgIpc) is 3.22. The summed E-state index contributed by atoms with van der Waals surface area (Å²) in [6, 6.07) is 31.9. The molecule has 0 N–H and O–H groups in total. The number of nitrogens with zero attached hydrogens (tertiary/aromatic N) is 1. The maximum Gasteiger partial charge on any atom is 0.139 e. The number of hydrogen-bond acceptors (Lipinski definition) is 3. The van der Waals surface area contributed by atoms with Crippen LogP contribution in [-0.4, -0.2) is 12.0 Å². The van der Waals surface area contributed by atoms with Crippen molar-refractivity contribution in [3.8, 4) is 11.3 Å². The third-order valence-electron chi connectivity index (χ3n) is 6.58. The first-order chi connectivity index (χ1) is 17.2. The standard InChI is InChI=1S/C32H37NO2/c1-4-5-21-30(34-3)31-25(2)35-32(28-19-13-8-14-20-28)29(31)24-33(22-26-15-9-6-10-16-26)23-27-17-11-7-12-18-27/h6-20,30H,4-5,21-24H2,1-3H3. The van der Waals surface area contributed by atoms with Crippen LogP contribution in [0.4, 0.5) is 0 Å². The molecule has 0 amide bonds. The highest BCUT2D eigenvalue weighted by molar-refractivity contribution is 5.64. The lowest BCUT2D eigenvalue weighted by Crippen LogP contribution is -2.23. The smallest absolute Gasteiger partial charge is 0.139 e. The summed E-state index contributed by atoms with van der Waals surface area (Å²) in [4.78, 5) is 2.51. The van der Waals surface area contributed by atoms with E-state index in [-0.39, 0.29) is 6.10 Å². The molecule has 1 heterocycles. The number of unbranched alkanes of at least 4 members (excludes halogenated alkanes) is 1. The maximum absolute atomic E-state index is 6.49. The topological polar surface area (TPSA) is 25.6 Å². The van der Waals surface area contributed by atoms with Gasteiger partial charge >= 0.3 is 0 Å². The van der Waals surface area contributed by atoms with Gasteiger partial charge < -0.3 is 9.15 Å². The summed E-state index contributed by atoms with van der Waals surface area (Å²) in [6.45, 7) is 6.82. The Bertz CT molecular complexity index is 1110. The molecule has 1 unspecified atom stereocenters. The van der Waals surface area contributed by atoms with E-state index in [4.69, 9.17) is 9.15 Å². The average molecular weight is 468 g/mol. The zero-order valence-corrected chi connectivity index (χ0v) is 21.2. The van der Waals surface area contributed by atoms with Gasteiger partial charge in [-0.25, -0.2) is 0 Å². The van der Waals surface area contributed by atoms with Crippen LogP contribution in [0, 0.1) is 6.92 Å². The lowest BCUT2D eigenvalue weighted by atomic mass is 9.96. The van der Waals surface area contributed by atoms with E-state index in [1.807, 2.05) is 7.11 Å². The largest absolute Gasteiger partial charge is 0.461 e. The minimum absolute atomic E-state index is 0.0291. The first-order valence-corrected chi connectivity index (χ1v) is 12.7. The van der Waals surface area contributed by atoms with Crippen LogP contribution in [0.15, 0.2) is 95.4 Å². The van der Waals surface area contributed by atoms with Crippen molar-refractivity contribution in [1.29, 1.82) is 0 Å². The summed E-state index contributed by atoms with van der Waals surface area (Å²) in [5.41, 5.74) is 6.18. The third-order valence-corrected chi connectivity index (χ3v) is 6.58. The van der Waals surface area contributed by atoms with Crippen LogP contribution in [0.25, 0.3) is 11.3 Å². The fourth-order valence-corrected chi connectivity index (χ4v) is 4.85.